The SMILES string of the molecule is CN=C(NCc1coc(-c2cccs2)n1)N1CCC(C(=O)OC)CC1. The Morgan fingerprint density at radius 1 is 1.52 bits per heavy atom. The molecule has 0 saturated carbocycles. The van der Waals surface area contributed by atoms with E-state index in [4.69, 9.17) is 9.15 Å². The molecule has 0 amide bonds. The van der Waals surface area contributed by atoms with Crippen molar-refractivity contribution in [1.82, 2.24) is 15.2 Å². The number of piperidine rings is 1. The van der Waals surface area contributed by atoms with Crippen LogP contribution in [0.4, 0.5) is 0 Å². The molecule has 1 saturated heterocycles. The summed E-state index contributed by atoms with van der Waals surface area (Å²) in [6, 6.07) is 3.96. The van der Waals surface area contributed by atoms with Crippen LogP contribution in [0.3, 0.4) is 0 Å². The van der Waals surface area contributed by atoms with Gasteiger partial charge in [0.1, 0.15) is 6.26 Å². The van der Waals surface area contributed by atoms with Gasteiger partial charge in [-0.1, -0.05) is 6.07 Å². The second-order valence-corrected chi connectivity index (χ2v) is 6.75. The number of likely N-dealkylation sites (tertiary alicyclic amines) is 1. The molecule has 8 heteroatoms. The number of methoxy groups -OCH3 is 1. The zero-order valence-corrected chi connectivity index (χ0v) is 15.2. The van der Waals surface area contributed by atoms with Crippen molar-refractivity contribution in [3.05, 3.63) is 29.5 Å². The van der Waals surface area contributed by atoms with E-state index in [1.165, 1.54) is 7.11 Å². The number of hydrogen-bond donors (Lipinski definition) is 1. The van der Waals surface area contributed by atoms with Gasteiger partial charge in [0.25, 0.3) is 0 Å². The average Bonchev–Trinajstić information content (AvgIpc) is 3.33. The van der Waals surface area contributed by atoms with E-state index in [-0.39, 0.29) is 11.9 Å². The molecule has 7 nitrogen and oxygen atoms in total. The van der Waals surface area contributed by atoms with Gasteiger partial charge in [-0.2, -0.15) is 0 Å². The molecule has 1 N–H and O–H groups in total. The molecule has 3 heterocycles. The predicted octanol–water partition coefficient (Wildman–Crippen LogP) is 2.36. The Hall–Kier alpha value is -2.35. The van der Waals surface area contributed by atoms with E-state index in [1.54, 1.807) is 24.6 Å². The van der Waals surface area contributed by atoms with Gasteiger partial charge in [0, 0.05) is 20.1 Å². The highest BCUT2D eigenvalue weighted by Crippen LogP contribution is 2.23. The lowest BCUT2D eigenvalue weighted by Gasteiger charge is -2.33. The summed E-state index contributed by atoms with van der Waals surface area (Å²) < 4.78 is 10.4. The molecule has 1 aliphatic heterocycles. The minimum atomic E-state index is -0.119. The molecule has 2 aromatic heterocycles. The Labute approximate surface area is 150 Å². The molecule has 1 fully saturated rings. The molecule has 2 aromatic rings. The van der Waals surface area contributed by atoms with Gasteiger partial charge in [0.15, 0.2) is 5.96 Å². The Bertz CT molecular complexity index is 718. The van der Waals surface area contributed by atoms with Gasteiger partial charge >= 0.3 is 5.97 Å². The summed E-state index contributed by atoms with van der Waals surface area (Å²) in [4.78, 5) is 23.6. The molecule has 134 valence electrons. The zero-order valence-electron chi connectivity index (χ0n) is 14.4. The van der Waals surface area contributed by atoms with Crippen LogP contribution in [0.2, 0.25) is 0 Å². The number of rotatable bonds is 4. The van der Waals surface area contributed by atoms with E-state index in [9.17, 15) is 4.79 Å². The second kappa shape index (κ2) is 8.15. The standard InChI is InChI=1S/C17H22N4O3S/c1-18-17(21-7-5-12(6-8-21)16(22)23-2)19-10-13-11-24-15(20-13)14-4-3-9-25-14/h3-4,9,11-12H,5-8,10H2,1-2H3,(H,18,19). The lowest BCUT2D eigenvalue weighted by Crippen LogP contribution is -2.46. The number of carbonyl (C=O) groups is 1. The lowest BCUT2D eigenvalue weighted by molar-refractivity contribution is -0.146. The third-order valence-electron chi connectivity index (χ3n) is 4.25. The maximum absolute atomic E-state index is 11.6. The first-order valence-corrected chi connectivity index (χ1v) is 9.11. The fourth-order valence-electron chi connectivity index (χ4n) is 2.90. The van der Waals surface area contributed by atoms with Crippen LogP contribution >= 0.6 is 11.3 Å². The monoisotopic (exact) mass is 362 g/mol. The summed E-state index contributed by atoms with van der Waals surface area (Å²) in [7, 11) is 3.20. The quantitative estimate of drug-likeness (QED) is 0.511. The number of aliphatic imine (C=N–C) groups is 1. The van der Waals surface area contributed by atoms with Crippen molar-refractivity contribution >= 4 is 23.3 Å². The highest BCUT2D eigenvalue weighted by atomic mass is 32.1. The van der Waals surface area contributed by atoms with E-state index in [2.05, 4.69) is 20.2 Å². The highest BCUT2D eigenvalue weighted by molar-refractivity contribution is 7.13. The number of guanidine groups is 1. The first-order valence-electron chi connectivity index (χ1n) is 8.23. The molecule has 0 bridgehead atoms. The summed E-state index contributed by atoms with van der Waals surface area (Å²) >= 11 is 1.60. The van der Waals surface area contributed by atoms with Gasteiger partial charge < -0.3 is 19.4 Å². The third kappa shape index (κ3) is 4.19. The van der Waals surface area contributed by atoms with Gasteiger partial charge in [-0.15, -0.1) is 11.3 Å². The topological polar surface area (TPSA) is 80.0 Å². The molecule has 0 unspecified atom stereocenters. The normalized spacial score (nSPS) is 16.1. The van der Waals surface area contributed by atoms with Crippen molar-refractivity contribution in [1.29, 1.82) is 0 Å². The first kappa shape index (κ1) is 17.5. The maximum Gasteiger partial charge on any atom is 0.308 e. The minimum absolute atomic E-state index is 0.0109. The van der Waals surface area contributed by atoms with Crippen molar-refractivity contribution in [2.75, 3.05) is 27.2 Å². The molecule has 1 aliphatic rings. The number of aromatic nitrogens is 1. The fourth-order valence-corrected chi connectivity index (χ4v) is 3.55. The molecule has 0 aromatic carbocycles. The number of nitrogens with one attached hydrogen (secondary N) is 1. The van der Waals surface area contributed by atoms with Crippen molar-refractivity contribution < 1.29 is 13.9 Å². The Morgan fingerprint density at radius 2 is 2.32 bits per heavy atom. The Kier molecular flexibility index (Phi) is 5.70. The van der Waals surface area contributed by atoms with Crippen molar-refractivity contribution in [3.8, 4) is 10.8 Å². The summed E-state index contributed by atoms with van der Waals surface area (Å²) in [6.07, 6.45) is 3.22. The number of hydrogen-bond acceptors (Lipinski definition) is 6. The number of ether oxygens (including phenoxy) is 1. The second-order valence-electron chi connectivity index (χ2n) is 5.81. The van der Waals surface area contributed by atoms with Crippen LogP contribution in [0.15, 0.2) is 33.2 Å². The molecule has 3 rings (SSSR count). The van der Waals surface area contributed by atoms with Gasteiger partial charge in [-0.25, -0.2) is 4.98 Å². The van der Waals surface area contributed by atoms with Crippen molar-refractivity contribution in [3.63, 3.8) is 0 Å². The molecule has 0 atom stereocenters. The molecule has 0 radical (unpaired) electrons. The maximum atomic E-state index is 11.6. The van der Waals surface area contributed by atoms with Crippen LogP contribution in [-0.4, -0.2) is 49.1 Å². The van der Waals surface area contributed by atoms with Crippen LogP contribution < -0.4 is 5.32 Å². The molecule has 0 spiro atoms. The number of esters is 1. The summed E-state index contributed by atoms with van der Waals surface area (Å²) in [5.41, 5.74) is 0.828. The van der Waals surface area contributed by atoms with Gasteiger partial charge in [-0.3, -0.25) is 9.79 Å². The molecular formula is C17H22N4O3S. The van der Waals surface area contributed by atoms with Crippen LogP contribution in [0.5, 0.6) is 0 Å². The number of nitrogens with zero attached hydrogens (tertiary/aromatic N) is 3. The molecule has 0 aliphatic carbocycles. The number of thiophene rings is 1. The lowest BCUT2D eigenvalue weighted by atomic mass is 9.97. The van der Waals surface area contributed by atoms with Crippen molar-refractivity contribution in [2.24, 2.45) is 10.9 Å². The van der Waals surface area contributed by atoms with E-state index in [1.807, 2.05) is 17.5 Å². The van der Waals surface area contributed by atoms with Gasteiger partial charge in [0.05, 0.1) is 30.1 Å². The van der Waals surface area contributed by atoms with Crippen LogP contribution in [0.1, 0.15) is 18.5 Å². The summed E-state index contributed by atoms with van der Waals surface area (Å²) in [5, 5.41) is 5.31. The average molecular weight is 362 g/mol. The minimum Gasteiger partial charge on any atom is -0.469 e. The fraction of sp³-hybridized carbons (Fsp3) is 0.471. The number of carbonyl (C=O) groups excluding carboxylic acids is 1. The van der Waals surface area contributed by atoms with Crippen LogP contribution in [0.25, 0.3) is 10.8 Å². The van der Waals surface area contributed by atoms with Gasteiger partial charge in [-0.05, 0) is 24.3 Å². The summed E-state index contributed by atoms with van der Waals surface area (Å²) in [5.74, 6) is 1.32. The first-order chi connectivity index (χ1) is 12.2. The zero-order chi connectivity index (χ0) is 17.6. The highest BCUT2D eigenvalue weighted by Gasteiger charge is 2.27. The van der Waals surface area contributed by atoms with E-state index < -0.39 is 0 Å². The van der Waals surface area contributed by atoms with Gasteiger partial charge in [0.2, 0.25) is 5.89 Å². The molecule has 25 heavy (non-hydrogen) atoms. The smallest absolute Gasteiger partial charge is 0.308 e. The van der Waals surface area contributed by atoms with Crippen LogP contribution in [0, 0.1) is 5.92 Å². The van der Waals surface area contributed by atoms with E-state index in [0.717, 1.165) is 42.5 Å². The van der Waals surface area contributed by atoms with E-state index in [0.29, 0.717) is 12.4 Å². The predicted molar refractivity (Wildman–Crippen MR) is 96.3 cm³/mol. The summed E-state index contributed by atoms with van der Waals surface area (Å²) in [6.45, 7) is 2.09. The Balaban J connectivity index is 1.53. The van der Waals surface area contributed by atoms with Crippen molar-refractivity contribution in [2.45, 2.75) is 19.4 Å². The molecular weight excluding hydrogens is 340 g/mol. The van der Waals surface area contributed by atoms with Crippen LogP contribution in [-0.2, 0) is 16.1 Å². The van der Waals surface area contributed by atoms with E-state index >= 15 is 0 Å². The Morgan fingerprint density at radius 3 is 2.96 bits per heavy atom. The third-order valence-corrected chi connectivity index (χ3v) is 5.11. The largest absolute Gasteiger partial charge is 0.469 e. The number of oxazole rings is 1.